The molecule has 0 heterocycles. The van der Waals surface area contributed by atoms with E-state index in [1.165, 1.54) is 0 Å². The van der Waals surface area contributed by atoms with Crippen molar-refractivity contribution in [1.82, 2.24) is 0 Å². The maximum atomic E-state index is 9.04. The average Bonchev–Trinajstić information content (AvgIpc) is 1.38. The van der Waals surface area contributed by atoms with Crippen LogP contribution in [0.25, 0.3) is 0 Å². The van der Waals surface area contributed by atoms with Crippen LogP contribution in [-0.2, 0) is 22.2 Å². The number of hydrogen-bond acceptors (Lipinski definition) is 3. The molecule has 0 rings (SSSR count). The summed E-state index contributed by atoms with van der Waals surface area (Å²) in [5.41, 5.74) is 0. The molecule has 0 aromatic heterocycles. The van der Waals surface area contributed by atoms with Gasteiger partial charge in [0.05, 0.1) is 0 Å². The zero-order chi connectivity index (χ0) is 4.28. The minimum absolute atomic E-state index is 0.819. The predicted octanol–water partition coefficient (Wildman–Crippen LogP) is -0.394. The van der Waals surface area contributed by atoms with Gasteiger partial charge in [-0.05, 0) is 0 Å². The molecular formula is NO3Pt. The van der Waals surface area contributed by atoms with Crippen molar-refractivity contribution < 1.29 is 25.7 Å². The molecule has 4 nitrogen and oxygen atoms in total. The van der Waals surface area contributed by atoms with Gasteiger partial charge in [-0.1, -0.05) is 0 Å². The summed E-state index contributed by atoms with van der Waals surface area (Å²) in [6.07, 6.45) is 0. The Balaban J connectivity index is 3.20. The van der Waals surface area contributed by atoms with Gasteiger partial charge in [-0.2, -0.15) is 0 Å². The molecule has 0 unspecified atom stereocenters. The molecule has 0 aliphatic rings. The molecule has 0 aliphatic carbocycles. The van der Waals surface area contributed by atoms with Gasteiger partial charge in [0.2, 0.25) is 0 Å². The van der Waals surface area contributed by atoms with Crippen LogP contribution in [-0.4, -0.2) is 3.48 Å². The van der Waals surface area contributed by atoms with Gasteiger partial charge < -0.3 is 0 Å². The fraction of sp³-hybridized carbons (Fsp3) is 0. The molecule has 0 bridgehead atoms. The molecule has 0 atom stereocenters. The Morgan fingerprint density at radius 3 is 2.00 bits per heavy atom. The summed E-state index contributed by atoms with van der Waals surface area (Å²) in [7, 11) is 0. The van der Waals surface area contributed by atoms with E-state index in [9.17, 15) is 0 Å². The van der Waals surface area contributed by atoms with Gasteiger partial charge in [0.25, 0.3) is 0 Å². The summed E-state index contributed by atoms with van der Waals surface area (Å²) in [6, 6.07) is 0. The zero-order valence-electron chi connectivity index (χ0n) is 1.99. The first kappa shape index (κ1) is 4.89. The fourth-order valence-corrected chi connectivity index (χ4v) is 0. The van der Waals surface area contributed by atoms with Crippen molar-refractivity contribution in [2.24, 2.45) is 0 Å². The van der Waals surface area contributed by atoms with Crippen LogP contribution in [0.2, 0.25) is 0 Å². The second-order valence-corrected chi connectivity index (χ2v) is 1.49. The van der Waals surface area contributed by atoms with E-state index in [0.717, 1.165) is 0 Å². The molecule has 0 aliphatic heterocycles. The van der Waals surface area contributed by atoms with Crippen molar-refractivity contribution in [2.75, 3.05) is 0 Å². The topological polar surface area (TPSA) is 60.2 Å². The van der Waals surface area contributed by atoms with Gasteiger partial charge in [0.1, 0.15) is 0 Å². The van der Waals surface area contributed by atoms with E-state index in [0.29, 0.717) is 0 Å². The molecule has 0 saturated carbocycles. The molecule has 5 heavy (non-hydrogen) atoms. The number of hydrogen-bond donors (Lipinski definition) is 0. The van der Waals surface area contributed by atoms with Crippen LogP contribution in [0.3, 0.4) is 0 Å². The normalized spacial score (nSPS) is 8.00. The van der Waals surface area contributed by atoms with Crippen molar-refractivity contribution in [3.63, 3.8) is 0 Å². The van der Waals surface area contributed by atoms with E-state index in [4.69, 9.17) is 13.5 Å². The molecule has 0 radical (unpaired) electrons. The molecule has 33 valence electrons. The Morgan fingerprint density at radius 1 is 1.80 bits per heavy atom. The molecule has 0 fully saturated rings. The van der Waals surface area contributed by atoms with Crippen molar-refractivity contribution in [1.29, 1.82) is 0 Å². The average molecular weight is 257 g/mol. The molecule has 0 aromatic carbocycles. The molecule has 0 amide bonds. The van der Waals surface area contributed by atoms with Crippen molar-refractivity contribution >= 4 is 0 Å². The van der Waals surface area contributed by atoms with Crippen LogP contribution in [0.1, 0.15) is 0 Å². The molecule has 0 N–H and O–H groups in total. The summed E-state index contributed by atoms with van der Waals surface area (Å²) in [6.45, 7) is 0. The van der Waals surface area contributed by atoms with Crippen molar-refractivity contribution in [2.45, 2.75) is 0 Å². The third-order valence-electron chi connectivity index (χ3n) is 0.0471. The summed E-state index contributed by atoms with van der Waals surface area (Å²) < 4.78 is 8.22. The Morgan fingerprint density at radius 2 is 2.00 bits per heavy atom. The number of nitro groups is 1. The predicted molar refractivity (Wildman–Crippen MR) is 7.68 cm³/mol. The monoisotopic (exact) mass is 257 g/mol. The molecule has 0 aromatic rings. The molecular weight excluding hydrogens is 257 g/mol. The molecule has 0 spiro atoms. The Bertz CT molecular complexity index is 57.9. The minimum atomic E-state index is -1.99. The third-order valence-corrected chi connectivity index (χ3v) is 0.386. The van der Waals surface area contributed by atoms with Gasteiger partial charge in [-0.25, -0.2) is 0 Å². The van der Waals surface area contributed by atoms with Gasteiger partial charge in [0, 0.05) is 0 Å². The van der Waals surface area contributed by atoms with E-state index in [1.807, 2.05) is 0 Å². The van der Waals surface area contributed by atoms with E-state index in [1.54, 1.807) is 0 Å². The first-order valence-corrected chi connectivity index (χ1v) is 2.58. The van der Waals surface area contributed by atoms with Gasteiger partial charge in [-0.15, -0.1) is 0 Å². The summed E-state index contributed by atoms with van der Waals surface area (Å²) in [4.78, 5) is 8.91. The van der Waals surface area contributed by atoms with E-state index >= 15 is 0 Å². The number of rotatable bonds is 1. The Hall–Kier alpha value is -0.112. The summed E-state index contributed by atoms with van der Waals surface area (Å²) in [5, 5.41) is 8.91. The second kappa shape index (κ2) is 2.15. The zero-order valence-corrected chi connectivity index (χ0v) is 4.26. The Kier molecular flexibility index (Phi) is 2.10. The molecule has 0 saturated heterocycles. The van der Waals surface area contributed by atoms with E-state index in [2.05, 4.69) is 0 Å². The van der Waals surface area contributed by atoms with Crippen LogP contribution in [0, 0.1) is 10.1 Å². The van der Waals surface area contributed by atoms with E-state index in [-0.39, 0.29) is 0 Å². The van der Waals surface area contributed by atoms with Crippen LogP contribution in [0.15, 0.2) is 0 Å². The van der Waals surface area contributed by atoms with Crippen LogP contribution >= 0.6 is 0 Å². The van der Waals surface area contributed by atoms with E-state index < -0.39 is 22.3 Å². The van der Waals surface area contributed by atoms with Crippen molar-refractivity contribution in [3.05, 3.63) is 10.1 Å². The standard InChI is InChI=1S/NO2.O.Pt/c2-1-3;;. The van der Waals surface area contributed by atoms with Crippen LogP contribution in [0.4, 0.5) is 0 Å². The molecule has 5 heteroatoms. The summed E-state index contributed by atoms with van der Waals surface area (Å²) >= 11 is -1.99. The Labute approximate surface area is 36.5 Å². The maximum absolute atomic E-state index is 9.04. The first-order chi connectivity index (χ1) is 2.27. The number of nitrogens with zero attached hydrogens (tertiary/aromatic N) is 1. The first-order valence-electron chi connectivity index (χ1n) is 0.636. The fourth-order valence-electron chi connectivity index (χ4n) is 0. The van der Waals surface area contributed by atoms with Gasteiger partial charge >= 0.3 is 35.8 Å². The third kappa shape index (κ3) is 3.89. The van der Waals surface area contributed by atoms with Crippen LogP contribution < -0.4 is 0 Å². The SMILES string of the molecule is [O]=[Pt][N+](=O)[O-]. The van der Waals surface area contributed by atoms with Crippen LogP contribution in [0.5, 0.6) is 0 Å². The summed E-state index contributed by atoms with van der Waals surface area (Å²) in [5.74, 6) is 0. The second-order valence-electron chi connectivity index (χ2n) is 0.248. The van der Waals surface area contributed by atoms with Gasteiger partial charge in [-0.3, -0.25) is 0 Å². The van der Waals surface area contributed by atoms with Crippen molar-refractivity contribution in [3.8, 4) is 0 Å². The quantitative estimate of drug-likeness (QED) is 0.474. The van der Waals surface area contributed by atoms with Gasteiger partial charge in [0.15, 0.2) is 0 Å².